The van der Waals surface area contributed by atoms with Gasteiger partial charge in [-0.25, -0.2) is 4.79 Å². The lowest BCUT2D eigenvalue weighted by molar-refractivity contribution is -0.0132. The zero-order chi connectivity index (χ0) is 16.8. The maximum Gasteiger partial charge on any atom is 0.322 e. The number of benzene rings is 1. The lowest BCUT2D eigenvalue weighted by atomic mass is 10.1. The first kappa shape index (κ1) is 16.4. The van der Waals surface area contributed by atoms with Gasteiger partial charge in [0.2, 0.25) is 0 Å². The quantitative estimate of drug-likeness (QED) is 0.867. The van der Waals surface area contributed by atoms with Gasteiger partial charge in [0, 0.05) is 6.54 Å². The Labute approximate surface area is 145 Å². The molecular formula is C18H18N2O3S. The number of ether oxygens (including phenoxy) is 2. The van der Waals surface area contributed by atoms with Crippen LogP contribution in [0.15, 0.2) is 41.1 Å². The van der Waals surface area contributed by atoms with E-state index in [1.165, 1.54) is 0 Å². The van der Waals surface area contributed by atoms with E-state index in [9.17, 15) is 4.79 Å². The van der Waals surface area contributed by atoms with Crippen molar-refractivity contribution in [1.82, 2.24) is 4.90 Å². The van der Waals surface area contributed by atoms with Crippen molar-refractivity contribution in [3.63, 3.8) is 0 Å². The smallest absolute Gasteiger partial charge is 0.322 e. The van der Waals surface area contributed by atoms with Crippen LogP contribution in [0.25, 0.3) is 0 Å². The predicted molar refractivity (Wildman–Crippen MR) is 94.4 cm³/mol. The van der Waals surface area contributed by atoms with Gasteiger partial charge in [0.05, 0.1) is 18.8 Å². The van der Waals surface area contributed by atoms with E-state index in [1.807, 2.05) is 23.6 Å². The highest BCUT2D eigenvalue weighted by molar-refractivity contribution is 7.07. The van der Waals surface area contributed by atoms with Crippen molar-refractivity contribution in [1.29, 1.82) is 0 Å². The summed E-state index contributed by atoms with van der Waals surface area (Å²) < 4.78 is 11.2. The van der Waals surface area contributed by atoms with Crippen LogP contribution in [0, 0.1) is 12.3 Å². The van der Waals surface area contributed by atoms with Gasteiger partial charge < -0.3 is 19.7 Å². The number of hydrogen-bond acceptors (Lipinski definition) is 4. The first-order valence-electron chi connectivity index (χ1n) is 7.63. The summed E-state index contributed by atoms with van der Waals surface area (Å²) in [7, 11) is 0. The summed E-state index contributed by atoms with van der Waals surface area (Å²) in [6.07, 6.45) is 5.14. The molecule has 2 aromatic rings. The highest BCUT2D eigenvalue weighted by atomic mass is 32.1. The number of urea groups is 1. The number of nitrogens with one attached hydrogen (secondary N) is 1. The van der Waals surface area contributed by atoms with Crippen molar-refractivity contribution in [2.45, 2.75) is 6.10 Å². The third-order valence-electron chi connectivity index (χ3n) is 3.71. The summed E-state index contributed by atoms with van der Waals surface area (Å²) in [5, 5.41) is 6.96. The molecule has 6 heteroatoms. The molecule has 5 nitrogen and oxygen atoms in total. The van der Waals surface area contributed by atoms with E-state index in [4.69, 9.17) is 15.9 Å². The predicted octanol–water partition coefficient (Wildman–Crippen LogP) is 3.37. The molecular weight excluding hydrogens is 324 g/mol. The topological polar surface area (TPSA) is 50.8 Å². The molecule has 1 saturated heterocycles. The van der Waals surface area contributed by atoms with E-state index in [0.717, 1.165) is 5.56 Å². The van der Waals surface area contributed by atoms with Gasteiger partial charge in [-0.3, -0.25) is 0 Å². The Hall–Kier alpha value is -2.49. The Balaban J connectivity index is 1.66. The van der Waals surface area contributed by atoms with Gasteiger partial charge in [0.15, 0.2) is 0 Å². The summed E-state index contributed by atoms with van der Waals surface area (Å²) in [5.41, 5.74) is 1.71. The lowest BCUT2D eigenvalue weighted by Gasteiger charge is -2.32. The molecule has 2 heterocycles. The molecule has 1 atom stereocenters. The molecule has 0 saturated carbocycles. The Bertz CT molecular complexity index is 724. The normalized spacial score (nSPS) is 17.1. The standard InChI is InChI=1S/C18H18N2O3S/c1-2-9-22-16-6-4-3-5-15(16)19-18(21)20-8-10-23-17(12-20)14-7-11-24-13-14/h1,3-7,11,13,17H,8-10,12H2,(H,19,21). The van der Waals surface area contributed by atoms with E-state index in [2.05, 4.69) is 16.6 Å². The van der Waals surface area contributed by atoms with Crippen LogP contribution < -0.4 is 10.1 Å². The van der Waals surface area contributed by atoms with Crippen LogP contribution in [0.4, 0.5) is 10.5 Å². The maximum absolute atomic E-state index is 12.6. The van der Waals surface area contributed by atoms with Crippen molar-refractivity contribution < 1.29 is 14.3 Å². The van der Waals surface area contributed by atoms with Crippen molar-refractivity contribution in [2.75, 3.05) is 31.6 Å². The molecule has 1 aromatic heterocycles. The number of terminal acetylenes is 1. The van der Waals surface area contributed by atoms with Crippen LogP contribution in [-0.2, 0) is 4.74 Å². The molecule has 3 rings (SSSR count). The van der Waals surface area contributed by atoms with E-state index in [1.54, 1.807) is 28.4 Å². The van der Waals surface area contributed by atoms with Crippen LogP contribution >= 0.6 is 11.3 Å². The molecule has 124 valence electrons. The number of thiophene rings is 1. The average Bonchev–Trinajstić information content (AvgIpc) is 3.16. The number of rotatable bonds is 4. The molecule has 0 radical (unpaired) electrons. The van der Waals surface area contributed by atoms with Crippen molar-refractivity contribution in [2.24, 2.45) is 0 Å². The van der Waals surface area contributed by atoms with Crippen LogP contribution in [0.3, 0.4) is 0 Å². The Morgan fingerprint density at radius 2 is 2.33 bits per heavy atom. The summed E-state index contributed by atoms with van der Waals surface area (Å²) in [6, 6.07) is 9.10. The van der Waals surface area contributed by atoms with E-state index in [-0.39, 0.29) is 18.7 Å². The molecule has 1 aromatic carbocycles. The minimum Gasteiger partial charge on any atom is -0.479 e. The third kappa shape index (κ3) is 3.88. The molecule has 24 heavy (non-hydrogen) atoms. The Morgan fingerprint density at radius 3 is 3.12 bits per heavy atom. The number of morpholine rings is 1. The molecule has 1 fully saturated rings. The Morgan fingerprint density at radius 1 is 1.46 bits per heavy atom. The van der Waals surface area contributed by atoms with Gasteiger partial charge >= 0.3 is 6.03 Å². The molecule has 0 aliphatic carbocycles. The number of anilines is 1. The van der Waals surface area contributed by atoms with E-state index < -0.39 is 0 Å². The number of nitrogens with zero attached hydrogens (tertiary/aromatic N) is 1. The fourth-order valence-corrected chi connectivity index (χ4v) is 3.20. The summed E-state index contributed by atoms with van der Waals surface area (Å²) in [6.45, 7) is 1.75. The number of carbonyl (C=O) groups excluding carboxylic acids is 1. The summed E-state index contributed by atoms with van der Waals surface area (Å²) >= 11 is 1.62. The van der Waals surface area contributed by atoms with Crippen LogP contribution in [-0.4, -0.2) is 37.2 Å². The first-order chi connectivity index (χ1) is 11.8. The van der Waals surface area contributed by atoms with Crippen molar-refractivity contribution in [3.8, 4) is 18.1 Å². The largest absolute Gasteiger partial charge is 0.479 e. The second kappa shape index (κ2) is 7.86. The Kier molecular flexibility index (Phi) is 5.36. The molecule has 1 N–H and O–H groups in total. The van der Waals surface area contributed by atoms with Gasteiger partial charge in [-0.1, -0.05) is 18.1 Å². The molecule has 2 amide bonds. The maximum atomic E-state index is 12.6. The van der Waals surface area contributed by atoms with Gasteiger partial charge in [-0.15, -0.1) is 6.42 Å². The summed E-state index contributed by atoms with van der Waals surface area (Å²) in [4.78, 5) is 14.3. The van der Waals surface area contributed by atoms with Gasteiger partial charge in [0.25, 0.3) is 0 Å². The van der Waals surface area contributed by atoms with E-state index >= 15 is 0 Å². The molecule has 1 aliphatic rings. The lowest BCUT2D eigenvalue weighted by Crippen LogP contribution is -2.44. The third-order valence-corrected chi connectivity index (χ3v) is 4.41. The fraction of sp³-hybridized carbons (Fsp3) is 0.278. The number of hydrogen-bond donors (Lipinski definition) is 1. The zero-order valence-electron chi connectivity index (χ0n) is 13.1. The van der Waals surface area contributed by atoms with Gasteiger partial charge in [-0.2, -0.15) is 11.3 Å². The average molecular weight is 342 g/mol. The van der Waals surface area contributed by atoms with Crippen molar-refractivity contribution >= 4 is 23.1 Å². The van der Waals surface area contributed by atoms with Crippen LogP contribution in [0.1, 0.15) is 11.7 Å². The van der Waals surface area contributed by atoms with Crippen LogP contribution in [0.5, 0.6) is 5.75 Å². The second-order valence-corrected chi connectivity index (χ2v) is 6.06. The number of para-hydroxylation sites is 2. The highest BCUT2D eigenvalue weighted by Crippen LogP contribution is 2.27. The molecule has 1 unspecified atom stereocenters. The molecule has 0 spiro atoms. The van der Waals surface area contributed by atoms with Crippen LogP contribution in [0.2, 0.25) is 0 Å². The zero-order valence-corrected chi connectivity index (χ0v) is 13.9. The first-order valence-corrected chi connectivity index (χ1v) is 8.57. The molecule has 1 aliphatic heterocycles. The summed E-state index contributed by atoms with van der Waals surface area (Å²) in [5.74, 6) is 2.98. The highest BCUT2D eigenvalue weighted by Gasteiger charge is 2.26. The monoisotopic (exact) mass is 342 g/mol. The SMILES string of the molecule is C#CCOc1ccccc1NC(=O)N1CCOC(c2ccsc2)C1. The van der Waals surface area contributed by atoms with Crippen molar-refractivity contribution in [3.05, 3.63) is 46.7 Å². The second-order valence-electron chi connectivity index (χ2n) is 5.28. The number of carbonyl (C=O) groups is 1. The fourth-order valence-electron chi connectivity index (χ4n) is 2.50. The number of amides is 2. The van der Waals surface area contributed by atoms with Gasteiger partial charge in [0.1, 0.15) is 18.5 Å². The molecule has 0 bridgehead atoms. The minimum atomic E-state index is -0.171. The minimum absolute atomic E-state index is 0.0799. The van der Waals surface area contributed by atoms with Gasteiger partial charge in [-0.05, 0) is 34.5 Å². The van der Waals surface area contributed by atoms with E-state index in [0.29, 0.717) is 31.1 Å².